The van der Waals surface area contributed by atoms with Crippen molar-refractivity contribution in [3.63, 3.8) is 0 Å². The van der Waals surface area contributed by atoms with Crippen LogP contribution in [0, 0.1) is 10.8 Å². The number of ether oxygens (including phenoxy) is 2. The van der Waals surface area contributed by atoms with Crippen LogP contribution in [0.4, 0.5) is 0 Å². The maximum atomic E-state index is 5.94. The summed E-state index contributed by atoms with van der Waals surface area (Å²) in [4.78, 5) is 4.39. The first-order chi connectivity index (χ1) is 10.5. The molecule has 1 saturated heterocycles. The van der Waals surface area contributed by atoms with Gasteiger partial charge in [-0.25, -0.2) is 0 Å². The number of hydrogen-bond donors (Lipinski definition) is 2. The van der Waals surface area contributed by atoms with Gasteiger partial charge in [0.05, 0.1) is 19.3 Å². The molecule has 5 nitrogen and oxygen atoms in total. The highest BCUT2D eigenvalue weighted by Crippen LogP contribution is 2.48. The van der Waals surface area contributed by atoms with Gasteiger partial charge in [-0.1, -0.05) is 20.8 Å². The number of rotatable bonds is 7. The Bertz CT molecular complexity index is 395. The van der Waals surface area contributed by atoms with Crippen LogP contribution >= 0.6 is 24.0 Å². The van der Waals surface area contributed by atoms with Gasteiger partial charge in [0, 0.05) is 37.1 Å². The van der Waals surface area contributed by atoms with Gasteiger partial charge in [0.25, 0.3) is 0 Å². The molecule has 0 bridgehead atoms. The maximum absolute atomic E-state index is 5.94. The Labute approximate surface area is 158 Å². The molecule has 1 aliphatic heterocycles. The molecule has 2 atom stereocenters. The lowest BCUT2D eigenvalue weighted by atomic mass is 9.58. The van der Waals surface area contributed by atoms with Crippen LogP contribution in [0.1, 0.15) is 47.0 Å². The van der Waals surface area contributed by atoms with Crippen molar-refractivity contribution < 1.29 is 9.47 Å². The second-order valence-electron chi connectivity index (χ2n) is 7.05. The molecule has 2 unspecified atom stereocenters. The number of hydrogen-bond acceptors (Lipinski definition) is 3. The van der Waals surface area contributed by atoms with Crippen LogP contribution in [0.3, 0.4) is 0 Å². The first-order valence-corrected chi connectivity index (χ1v) is 8.70. The number of guanidine groups is 1. The third-order valence-corrected chi connectivity index (χ3v) is 5.59. The third-order valence-electron chi connectivity index (χ3n) is 5.59. The molecule has 0 aromatic rings. The highest BCUT2D eigenvalue weighted by molar-refractivity contribution is 14.0. The number of nitrogens with one attached hydrogen (secondary N) is 2. The first-order valence-electron chi connectivity index (χ1n) is 8.70. The average molecular weight is 439 g/mol. The lowest BCUT2D eigenvalue weighted by Gasteiger charge is -2.55. The van der Waals surface area contributed by atoms with E-state index in [1.54, 1.807) is 0 Å². The van der Waals surface area contributed by atoms with Gasteiger partial charge in [0.15, 0.2) is 5.96 Å². The van der Waals surface area contributed by atoms with Crippen LogP contribution in [0.25, 0.3) is 0 Å². The Balaban J connectivity index is 0.00000264. The van der Waals surface area contributed by atoms with E-state index >= 15 is 0 Å². The fourth-order valence-corrected chi connectivity index (χ4v) is 3.79. The van der Waals surface area contributed by atoms with Crippen molar-refractivity contribution in [2.45, 2.75) is 59.1 Å². The Hall–Kier alpha value is -0.0800. The van der Waals surface area contributed by atoms with Crippen molar-refractivity contribution in [2.75, 3.05) is 33.4 Å². The van der Waals surface area contributed by atoms with E-state index in [1.807, 2.05) is 7.05 Å². The summed E-state index contributed by atoms with van der Waals surface area (Å²) in [6.07, 6.45) is 3.71. The molecule has 2 rings (SSSR count). The molecule has 0 radical (unpaired) electrons. The topological polar surface area (TPSA) is 54.9 Å². The average Bonchev–Trinajstić information content (AvgIpc) is 2.49. The highest BCUT2D eigenvalue weighted by Gasteiger charge is 2.53. The molecule has 2 fully saturated rings. The predicted octanol–water partition coefficient (Wildman–Crippen LogP) is 2.79. The minimum Gasteiger partial charge on any atom is -0.380 e. The van der Waals surface area contributed by atoms with Crippen LogP contribution in [0.2, 0.25) is 0 Å². The van der Waals surface area contributed by atoms with Crippen molar-refractivity contribution in [2.24, 2.45) is 15.8 Å². The van der Waals surface area contributed by atoms with Gasteiger partial charge >= 0.3 is 0 Å². The first kappa shape index (κ1) is 21.0. The zero-order valence-electron chi connectivity index (χ0n) is 15.3. The van der Waals surface area contributed by atoms with Crippen LogP contribution in [0.15, 0.2) is 4.99 Å². The summed E-state index contributed by atoms with van der Waals surface area (Å²) in [6, 6.07) is 0.440. The second-order valence-corrected chi connectivity index (χ2v) is 7.05. The SMILES string of the molecule is CCOC1CC(NC(=NC)NCC2(C)COC2)C1(CC)CC.I. The quantitative estimate of drug-likeness (QED) is 0.364. The Morgan fingerprint density at radius 1 is 1.26 bits per heavy atom. The van der Waals surface area contributed by atoms with Gasteiger partial charge in [-0.05, 0) is 26.2 Å². The standard InChI is InChI=1S/C17H33N3O2.HI/c1-6-17(7-2)13(9-14(17)22-8-3)20-15(18-5)19-10-16(4)11-21-12-16;/h13-14H,6-12H2,1-5H3,(H2,18,19,20);1H. The zero-order chi connectivity index (χ0) is 16.2. The summed E-state index contributed by atoms with van der Waals surface area (Å²) in [5.41, 5.74) is 0.481. The predicted molar refractivity (Wildman–Crippen MR) is 106 cm³/mol. The molecule has 1 saturated carbocycles. The van der Waals surface area contributed by atoms with E-state index in [9.17, 15) is 0 Å². The second kappa shape index (κ2) is 8.85. The molecule has 6 heteroatoms. The molecular weight excluding hydrogens is 405 g/mol. The Morgan fingerprint density at radius 2 is 1.91 bits per heavy atom. The monoisotopic (exact) mass is 439 g/mol. The normalized spacial score (nSPS) is 28.1. The van der Waals surface area contributed by atoms with E-state index in [0.717, 1.165) is 51.6 Å². The summed E-state index contributed by atoms with van der Waals surface area (Å²) < 4.78 is 11.3. The summed E-state index contributed by atoms with van der Waals surface area (Å²) >= 11 is 0. The van der Waals surface area contributed by atoms with Crippen LogP contribution in [-0.4, -0.2) is 51.5 Å². The Morgan fingerprint density at radius 3 is 2.35 bits per heavy atom. The minimum atomic E-state index is 0. The molecule has 1 heterocycles. The molecule has 23 heavy (non-hydrogen) atoms. The molecule has 0 aromatic carbocycles. The molecule has 0 aromatic heterocycles. The van der Waals surface area contributed by atoms with Crippen LogP contribution < -0.4 is 10.6 Å². The molecule has 0 amide bonds. The van der Waals surface area contributed by atoms with Crippen molar-refractivity contribution in [3.8, 4) is 0 Å². The third kappa shape index (κ3) is 4.31. The van der Waals surface area contributed by atoms with Crippen molar-refractivity contribution >= 4 is 29.9 Å². The summed E-state index contributed by atoms with van der Waals surface area (Å²) in [5.74, 6) is 0.902. The molecule has 1 aliphatic carbocycles. The zero-order valence-corrected chi connectivity index (χ0v) is 17.6. The lowest BCUT2D eigenvalue weighted by molar-refractivity contribution is -0.133. The van der Waals surface area contributed by atoms with Gasteiger partial charge in [-0.15, -0.1) is 24.0 Å². The van der Waals surface area contributed by atoms with Crippen molar-refractivity contribution in [3.05, 3.63) is 0 Å². The summed E-state index contributed by atoms with van der Waals surface area (Å²) in [5, 5.41) is 7.08. The number of halogens is 1. The van der Waals surface area contributed by atoms with Crippen molar-refractivity contribution in [1.82, 2.24) is 10.6 Å². The van der Waals surface area contributed by atoms with Gasteiger partial charge in [0.2, 0.25) is 0 Å². The fourth-order valence-electron chi connectivity index (χ4n) is 3.79. The van der Waals surface area contributed by atoms with Gasteiger partial charge < -0.3 is 20.1 Å². The molecule has 0 spiro atoms. The molecule has 2 N–H and O–H groups in total. The van der Waals surface area contributed by atoms with E-state index in [1.165, 1.54) is 0 Å². The highest BCUT2D eigenvalue weighted by atomic mass is 127. The number of aliphatic imine (C=N–C) groups is 1. The van der Waals surface area contributed by atoms with E-state index in [-0.39, 0.29) is 34.8 Å². The van der Waals surface area contributed by atoms with Crippen LogP contribution in [-0.2, 0) is 9.47 Å². The van der Waals surface area contributed by atoms with E-state index in [4.69, 9.17) is 9.47 Å². The summed E-state index contributed by atoms with van der Waals surface area (Å²) in [7, 11) is 1.84. The van der Waals surface area contributed by atoms with Crippen molar-refractivity contribution in [1.29, 1.82) is 0 Å². The lowest BCUT2D eigenvalue weighted by Crippen LogP contribution is -2.66. The van der Waals surface area contributed by atoms with Gasteiger partial charge in [-0.3, -0.25) is 4.99 Å². The minimum absolute atomic E-state index is 0. The molecule has 2 aliphatic rings. The number of nitrogens with zero attached hydrogens (tertiary/aromatic N) is 1. The van der Waals surface area contributed by atoms with Gasteiger partial charge in [-0.2, -0.15) is 0 Å². The van der Waals surface area contributed by atoms with E-state index in [0.29, 0.717) is 12.1 Å². The Kier molecular flexibility index (Phi) is 8.07. The van der Waals surface area contributed by atoms with E-state index < -0.39 is 0 Å². The fraction of sp³-hybridized carbons (Fsp3) is 0.941. The van der Waals surface area contributed by atoms with E-state index in [2.05, 4.69) is 43.3 Å². The smallest absolute Gasteiger partial charge is 0.191 e. The van der Waals surface area contributed by atoms with Crippen LogP contribution in [0.5, 0.6) is 0 Å². The van der Waals surface area contributed by atoms with Gasteiger partial charge in [0.1, 0.15) is 0 Å². The molecular formula is C17H34IN3O2. The largest absolute Gasteiger partial charge is 0.380 e. The summed E-state index contributed by atoms with van der Waals surface area (Å²) in [6.45, 7) is 12.2. The maximum Gasteiger partial charge on any atom is 0.191 e. The molecule has 136 valence electrons.